The fraction of sp³-hybridized carbons (Fsp3) is 0.214. The van der Waals surface area contributed by atoms with Crippen molar-refractivity contribution in [1.29, 1.82) is 0 Å². The van der Waals surface area contributed by atoms with E-state index in [1.807, 2.05) is 13.0 Å². The summed E-state index contributed by atoms with van der Waals surface area (Å²) in [5.74, 6) is -0.0169. The molecule has 0 bridgehead atoms. The van der Waals surface area contributed by atoms with Gasteiger partial charge in [-0.25, -0.2) is 0 Å². The van der Waals surface area contributed by atoms with Crippen LogP contribution in [0.1, 0.15) is 13.3 Å². The van der Waals surface area contributed by atoms with Crippen LogP contribution in [0.3, 0.4) is 0 Å². The Labute approximate surface area is 105 Å². The summed E-state index contributed by atoms with van der Waals surface area (Å²) in [7, 11) is 0. The largest absolute Gasteiger partial charge is 0.507 e. The van der Waals surface area contributed by atoms with Crippen LogP contribution in [0, 0.1) is 0 Å². The Kier molecular flexibility index (Phi) is 3.48. The van der Waals surface area contributed by atoms with E-state index in [0.29, 0.717) is 17.5 Å². The van der Waals surface area contributed by atoms with Gasteiger partial charge in [0.2, 0.25) is 5.91 Å². The van der Waals surface area contributed by atoms with Crippen LogP contribution in [0.15, 0.2) is 36.4 Å². The van der Waals surface area contributed by atoms with Gasteiger partial charge < -0.3 is 16.2 Å². The molecule has 0 saturated carbocycles. The van der Waals surface area contributed by atoms with Gasteiger partial charge in [-0.1, -0.05) is 31.2 Å². The summed E-state index contributed by atoms with van der Waals surface area (Å²) in [4.78, 5) is 11.8. The van der Waals surface area contributed by atoms with E-state index in [4.69, 9.17) is 5.73 Å². The SMILES string of the molecule is CCC(N)C(=O)Nc1cccc2c(O)cccc12. The fourth-order valence-corrected chi connectivity index (χ4v) is 1.81. The van der Waals surface area contributed by atoms with Crippen molar-refractivity contribution in [3.63, 3.8) is 0 Å². The molecule has 0 aliphatic rings. The highest BCUT2D eigenvalue weighted by molar-refractivity contribution is 6.05. The Morgan fingerprint density at radius 3 is 2.67 bits per heavy atom. The van der Waals surface area contributed by atoms with Crippen LogP contribution >= 0.6 is 0 Å². The molecular formula is C14H16N2O2. The highest BCUT2D eigenvalue weighted by Gasteiger charge is 2.12. The monoisotopic (exact) mass is 244 g/mol. The van der Waals surface area contributed by atoms with Crippen LogP contribution in [0.2, 0.25) is 0 Å². The maximum absolute atomic E-state index is 11.8. The van der Waals surface area contributed by atoms with E-state index in [-0.39, 0.29) is 11.7 Å². The van der Waals surface area contributed by atoms with Crippen molar-refractivity contribution in [2.45, 2.75) is 19.4 Å². The van der Waals surface area contributed by atoms with Gasteiger partial charge in [0.25, 0.3) is 0 Å². The first-order valence-corrected chi connectivity index (χ1v) is 5.90. The molecule has 0 saturated heterocycles. The number of anilines is 1. The smallest absolute Gasteiger partial charge is 0.241 e. The molecule has 0 aliphatic heterocycles. The van der Waals surface area contributed by atoms with Crippen molar-refractivity contribution in [2.24, 2.45) is 5.73 Å². The van der Waals surface area contributed by atoms with Crippen molar-refractivity contribution in [1.82, 2.24) is 0 Å². The normalized spacial score (nSPS) is 12.3. The molecule has 2 aromatic carbocycles. The van der Waals surface area contributed by atoms with E-state index in [2.05, 4.69) is 5.32 Å². The van der Waals surface area contributed by atoms with Gasteiger partial charge in [-0.15, -0.1) is 0 Å². The lowest BCUT2D eigenvalue weighted by atomic mass is 10.1. The third-order valence-electron chi connectivity index (χ3n) is 2.93. The Hall–Kier alpha value is -2.07. The topological polar surface area (TPSA) is 75.4 Å². The van der Waals surface area contributed by atoms with Crippen molar-refractivity contribution in [3.8, 4) is 5.75 Å². The van der Waals surface area contributed by atoms with E-state index < -0.39 is 6.04 Å². The molecule has 0 spiro atoms. The van der Waals surface area contributed by atoms with Crippen LogP contribution in [0.5, 0.6) is 5.75 Å². The number of carbonyl (C=O) groups is 1. The molecule has 0 fully saturated rings. The van der Waals surface area contributed by atoms with Crippen LogP contribution in [-0.4, -0.2) is 17.1 Å². The van der Waals surface area contributed by atoms with Crippen molar-refractivity contribution >= 4 is 22.4 Å². The summed E-state index contributed by atoms with van der Waals surface area (Å²) in [6, 6.07) is 10.1. The highest BCUT2D eigenvalue weighted by atomic mass is 16.3. The second-order valence-corrected chi connectivity index (χ2v) is 4.18. The molecule has 1 unspecified atom stereocenters. The van der Waals surface area contributed by atoms with Gasteiger partial charge >= 0.3 is 0 Å². The summed E-state index contributed by atoms with van der Waals surface area (Å²) < 4.78 is 0. The summed E-state index contributed by atoms with van der Waals surface area (Å²) in [6.45, 7) is 1.86. The average molecular weight is 244 g/mol. The van der Waals surface area contributed by atoms with E-state index >= 15 is 0 Å². The van der Waals surface area contributed by atoms with Crippen molar-refractivity contribution in [2.75, 3.05) is 5.32 Å². The van der Waals surface area contributed by atoms with Gasteiger partial charge in [-0.2, -0.15) is 0 Å². The number of rotatable bonds is 3. The van der Waals surface area contributed by atoms with Gasteiger partial charge in [0.1, 0.15) is 5.75 Å². The Morgan fingerprint density at radius 1 is 1.28 bits per heavy atom. The molecule has 4 nitrogen and oxygen atoms in total. The third-order valence-corrected chi connectivity index (χ3v) is 2.93. The summed E-state index contributed by atoms with van der Waals surface area (Å²) in [5, 5.41) is 14.0. The Bertz CT molecular complexity index is 581. The molecule has 2 rings (SSSR count). The Balaban J connectivity index is 2.40. The number of phenols is 1. The first-order valence-electron chi connectivity index (χ1n) is 5.90. The maximum atomic E-state index is 11.8. The fourth-order valence-electron chi connectivity index (χ4n) is 1.81. The van der Waals surface area contributed by atoms with E-state index in [9.17, 15) is 9.90 Å². The predicted octanol–water partition coefficient (Wildman–Crippen LogP) is 2.22. The number of hydrogen-bond acceptors (Lipinski definition) is 3. The zero-order chi connectivity index (χ0) is 13.1. The zero-order valence-electron chi connectivity index (χ0n) is 10.2. The van der Waals surface area contributed by atoms with Crippen LogP contribution in [-0.2, 0) is 4.79 Å². The number of hydrogen-bond donors (Lipinski definition) is 3. The number of phenolic OH excluding ortho intramolecular Hbond substituents is 1. The van der Waals surface area contributed by atoms with E-state index in [0.717, 1.165) is 5.39 Å². The lowest BCUT2D eigenvalue weighted by molar-refractivity contribution is -0.117. The predicted molar refractivity (Wildman–Crippen MR) is 72.5 cm³/mol. The van der Waals surface area contributed by atoms with Gasteiger partial charge in [0, 0.05) is 16.5 Å². The lowest BCUT2D eigenvalue weighted by Gasteiger charge is -2.12. The van der Waals surface area contributed by atoms with E-state index in [1.54, 1.807) is 30.3 Å². The first kappa shape index (κ1) is 12.4. The second-order valence-electron chi connectivity index (χ2n) is 4.18. The Morgan fingerprint density at radius 2 is 1.94 bits per heavy atom. The van der Waals surface area contributed by atoms with Crippen LogP contribution < -0.4 is 11.1 Å². The zero-order valence-corrected chi connectivity index (χ0v) is 10.2. The molecule has 0 aromatic heterocycles. The number of nitrogens with two attached hydrogens (primary N) is 1. The van der Waals surface area contributed by atoms with Crippen molar-refractivity contribution < 1.29 is 9.90 Å². The molecule has 94 valence electrons. The minimum atomic E-state index is -0.516. The molecule has 1 atom stereocenters. The molecule has 4 N–H and O–H groups in total. The minimum absolute atomic E-state index is 0.198. The maximum Gasteiger partial charge on any atom is 0.241 e. The number of benzene rings is 2. The van der Waals surface area contributed by atoms with E-state index in [1.165, 1.54) is 0 Å². The summed E-state index contributed by atoms with van der Waals surface area (Å²) >= 11 is 0. The number of amides is 1. The molecule has 2 aromatic rings. The molecule has 0 aliphatic carbocycles. The number of fused-ring (bicyclic) bond motifs is 1. The lowest BCUT2D eigenvalue weighted by Crippen LogP contribution is -2.34. The summed E-state index contributed by atoms with van der Waals surface area (Å²) in [6.07, 6.45) is 0.585. The quantitative estimate of drug-likeness (QED) is 0.775. The van der Waals surface area contributed by atoms with Crippen molar-refractivity contribution in [3.05, 3.63) is 36.4 Å². The molecule has 0 radical (unpaired) electrons. The summed E-state index contributed by atoms with van der Waals surface area (Å²) in [5.41, 5.74) is 6.34. The average Bonchev–Trinajstić information content (AvgIpc) is 2.39. The third kappa shape index (κ3) is 2.28. The molecular weight excluding hydrogens is 228 g/mol. The minimum Gasteiger partial charge on any atom is -0.507 e. The highest BCUT2D eigenvalue weighted by Crippen LogP contribution is 2.29. The van der Waals surface area contributed by atoms with Crippen LogP contribution in [0.4, 0.5) is 5.69 Å². The molecule has 0 heterocycles. The van der Waals surface area contributed by atoms with Gasteiger partial charge in [0.15, 0.2) is 0 Å². The van der Waals surface area contributed by atoms with Gasteiger partial charge in [-0.05, 0) is 18.6 Å². The molecule has 1 amide bonds. The number of carbonyl (C=O) groups excluding carboxylic acids is 1. The second kappa shape index (κ2) is 5.06. The standard InChI is InChI=1S/C14H16N2O2/c1-2-11(15)14(18)16-12-7-3-6-10-9(12)5-4-8-13(10)17/h3-8,11,17H,2,15H2,1H3,(H,16,18). The number of aromatic hydroxyl groups is 1. The molecule has 18 heavy (non-hydrogen) atoms. The van der Waals surface area contributed by atoms with Gasteiger partial charge in [0.05, 0.1) is 6.04 Å². The molecule has 4 heteroatoms. The van der Waals surface area contributed by atoms with Gasteiger partial charge in [-0.3, -0.25) is 4.79 Å². The van der Waals surface area contributed by atoms with Crippen LogP contribution in [0.25, 0.3) is 10.8 Å². The first-order chi connectivity index (χ1) is 8.63. The number of nitrogens with one attached hydrogen (secondary N) is 1.